The Bertz CT molecular complexity index is 2480. The fraction of sp³-hybridized carbons (Fsp3) is 0. The zero-order valence-corrected chi connectivity index (χ0v) is 26.3. The van der Waals surface area contributed by atoms with Gasteiger partial charge in [-0.2, -0.15) is 22.5 Å². The van der Waals surface area contributed by atoms with Crippen molar-refractivity contribution in [1.29, 1.82) is 0 Å². The molecule has 44 heavy (non-hydrogen) atoms. The minimum absolute atomic E-state index is 0. The molecular weight excluding hydrogens is 740 g/mol. The first-order valence-corrected chi connectivity index (χ1v) is 15.0. The molecule has 0 aliphatic rings. The number of hydrogen-bond donors (Lipinski definition) is 0. The second-order valence-electron chi connectivity index (χ2n) is 10.5. The number of fused-ring (bicyclic) bond motifs is 9. The molecule has 0 saturated heterocycles. The van der Waals surface area contributed by atoms with Crippen LogP contribution in [0.5, 0.6) is 0 Å². The molecule has 0 unspecified atom stereocenters. The van der Waals surface area contributed by atoms with Crippen LogP contribution < -0.4 is 4.90 Å². The zero-order chi connectivity index (χ0) is 28.3. The summed E-state index contributed by atoms with van der Waals surface area (Å²) in [6.45, 7) is 0. The number of nitrogens with zero attached hydrogens (tertiary/aromatic N) is 4. The summed E-state index contributed by atoms with van der Waals surface area (Å²) in [6.07, 6.45) is 1.85. The fourth-order valence-electron chi connectivity index (χ4n) is 6.15. The quantitative estimate of drug-likeness (QED) is 0.132. The largest absolute Gasteiger partial charge is 2.00 e. The summed E-state index contributed by atoms with van der Waals surface area (Å²) in [5.41, 5.74) is 5.79. The first-order chi connectivity index (χ1) is 21.3. The summed E-state index contributed by atoms with van der Waals surface area (Å²) in [7, 11) is 0. The molecule has 9 aromatic rings. The van der Waals surface area contributed by atoms with E-state index in [4.69, 9.17) is 10.1 Å². The summed E-state index contributed by atoms with van der Waals surface area (Å²) in [6, 6.07) is 51.4. The van der Waals surface area contributed by atoms with E-state index in [1.54, 1.807) is 11.3 Å². The Morgan fingerprint density at radius 3 is 2.34 bits per heavy atom. The fourth-order valence-corrected chi connectivity index (χ4v) is 7.36. The van der Waals surface area contributed by atoms with Gasteiger partial charge in [0.25, 0.3) is 0 Å². The Morgan fingerprint density at radius 1 is 0.659 bits per heavy atom. The number of anilines is 3. The third-order valence-electron chi connectivity index (χ3n) is 8.07. The van der Waals surface area contributed by atoms with E-state index in [9.17, 15) is 0 Å². The summed E-state index contributed by atoms with van der Waals surface area (Å²) < 4.78 is 4.46. The molecule has 0 bridgehead atoms. The predicted molar refractivity (Wildman–Crippen MR) is 179 cm³/mol. The molecule has 6 heteroatoms. The van der Waals surface area contributed by atoms with Gasteiger partial charge in [-0.1, -0.05) is 89.3 Å². The number of hydrogen-bond acceptors (Lipinski definition) is 4. The van der Waals surface area contributed by atoms with Gasteiger partial charge in [-0.3, -0.25) is 9.50 Å². The van der Waals surface area contributed by atoms with Gasteiger partial charge in [-0.15, -0.1) is 41.3 Å². The van der Waals surface area contributed by atoms with E-state index in [2.05, 4.69) is 132 Å². The molecule has 0 aliphatic carbocycles. The number of para-hydroxylation sites is 1. The van der Waals surface area contributed by atoms with Gasteiger partial charge < -0.3 is 4.90 Å². The van der Waals surface area contributed by atoms with Crippen LogP contribution in [-0.4, -0.2) is 14.6 Å². The zero-order valence-electron chi connectivity index (χ0n) is 23.2. The van der Waals surface area contributed by atoms with Crippen molar-refractivity contribution >= 4 is 75.9 Å². The van der Waals surface area contributed by atoms with E-state index in [0.717, 1.165) is 44.9 Å². The second-order valence-corrected chi connectivity index (χ2v) is 11.6. The van der Waals surface area contributed by atoms with Crippen LogP contribution in [0, 0.1) is 12.1 Å². The van der Waals surface area contributed by atoms with Crippen LogP contribution in [0.25, 0.3) is 58.6 Å². The van der Waals surface area contributed by atoms with E-state index in [1.165, 1.54) is 30.9 Å². The van der Waals surface area contributed by atoms with Crippen molar-refractivity contribution in [3.8, 4) is 11.3 Å². The summed E-state index contributed by atoms with van der Waals surface area (Å²) in [5.74, 6) is 0.809. The molecule has 0 fully saturated rings. The molecule has 0 aliphatic heterocycles. The van der Waals surface area contributed by atoms with Gasteiger partial charge >= 0.3 is 21.1 Å². The molecule has 0 atom stereocenters. The number of benzene rings is 5. The van der Waals surface area contributed by atoms with E-state index in [1.807, 2.05) is 22.8 Å². The van der Waals surface area contributed by atoms with Crippen molar-refractivity contribution in [3.05, 3.63) is 146 Å². The van der Waals surface area contributed by atoms with Crippen molar-refractivity contribution in [3.63, 3.8) is 0 Å². The first kappa shape index (κ1) is 26.8. The molecule has 0 N–H and O–H groups in total. The summed E-state index contributed by atoms with van der Waals surface area (Å²) >= 11 is 1.79. The molecule has 9 rings (SSSR count). The van der Waals surface area contributed by atoms with Crippen molar-refractivity contribution in [2.24, 2.45) is 0 Å². The van der Waals surface area contributed by atoms with E-state index in [-0.39, 0.29) is 21.1 Å². The number of thiophene rings is 1. The van der Waals surface area contributed by atoms with Gasteiger partial charge in [-0.05, 0) is 57.0 Å². The molecule has 0 radical (unpaired) electrons. The van der Waals surface area contributed by atoms with Crippen molar-refractivity contribution in [1.82, 2.24) is 14.6 Å². The van der Waals surface area contributed by atoms with Crippen LogP contribution in [0.2, 0.25) is 0 Å². The summed E-state index contributed by atoms with van der Waals surface area (Å²) in [5, 5.41) is 10.7. The number of rotatable bonds is 4. The minimum Gasteiger partial charge on any atom is -0.320 e. The third-order valence-corrected chi connectivity index (χ3v) is 9.27. The van der Waals surface area contributed by atoms with Gasteiger partial charge in [-0.25, -0.2) is 0 Å². The molecule has 5 aromatic carbocycles. The first-order valence-electron chi connectivity index (χ1n) is 14.2. The monoisotopic (exact) mass is 761 g/mol. The normalized spacial score (nSPS) is 11.5. The van der Waals surface area contributed by atoms with Gasteiger partial charge in [0.05, 0.1) is 5.52 Å². The molecule has 0 spiro atoms. The van der Waals surface area contributed by atoms with Crippen LogP contribution in [0.15, 0.2) is 134 Å². The van der Waals surface area contributed by atoms with Gasteiger partial charge in [0.2, 0.25) is 0 Å². The van der Waals surface area contributed by atoms with Crippen LogP contribution in [-0.2, 0) is 21.1 Å². The second kappa shape index (κ2) is 10.7. The Balaban J connectivity index is 0.00000289. The van der Waals surface area contributed by atoms with Crippen molar-refractivity contribution in [2.75, 3.05) is 4.90 Å². The molecule has 4 aromatic heterocycles. The Labute approximate surface area is 272 Å². The van der Waals surface area contributed by atoms with E-state index < -0.39 is 0 Å². The minimum atomic E-state index is 0. The average molecular weight is 762 g/mol. The molecule has 4 nitrogen and oxygen atoms in total. The average Bonchev–Trinajstić information content (AvgIpc) is 3.72. The standard InChI is InChI=1S/C38H22N4S.Pt/c1-2-10-25(11-3-1)41(26-20-21-29-27-12-4-5-13-28(27)34-22-23-39-42(34)35(29)24-26)37-19-9-17-33(40-37)32-16-8-15-31-30-14-6-7-18-36(30)43-38(31)32;/h1-15,17-23H;/q-2;+2. The summed E-state index contributed by atoms with van der Waals surface area (Å²) in [4.78, 5) is 7.42. The van der Waals surface area contributed by atoms with Gasteiger partial charge in [0, 0.05) is 16.6 Å². The van der Waals surface area contributed by atoms with Gasteiger partial charge in [0.1, 0.15) is 5.82 Å². The molecule has 0 amide bonds. The Morgan fingerprint density at radius 2 is 1.45 bits per heavy atom. The van der Waals surface area contributed by atoms with Gasteiger partial charge in [0.15, 0.2) is 0 Å². The Hall–Kier alpha value is -4.83. The van der Waals surface area contributed by atoms with E-state index >= 15 is 0 Å². The maximum absolute atomic E-state index is 5.26. The maximum atomic E-state index is 5.26. The smallest absolute Gasteiger partial charge is 0.320 e. The molecule has 210 valence electrons. The molecule has 0 saturated carbocycles. The van der Waals surface area contributed by atoms with Crippen LogP contribution >= 0.6 is 11.3 Å². The number of pyridine rings is 2. The van der Waals surface area contributed by atoms with Crippen molar-refractivity contribution in [2.45, 2.75) is 0 Å². The SMILES string of the molecule is [Pt+2].[c-]1ccc2c(sc3ccccc32)c1-c1cccc(N(c2[c-]c3c(cc2)c2ccccc2c2ccnn32)c2ccccc2)n1. The third kappa shape index (κ3) is 4.16. The van der Waals surface area contributed by atoms with E-state index in [0.29, 0.717) is 0 Å². The Kier molecular flexibility index (Phi) is 6.52. The molecular formula is C38H22N4PtS. The topological polar surface area (TPSA) is 33.4 Å². The number of aromatic nitrogens is 3. The maximum Gasteiger partial charge on any atom is 2.00 e. The predicted octanol–water partition coefficient (Wildman–Crippen LogP) is 10.1. The van der Waals surface area contributed by atoms with Crippen LogP contribution in [0.3, 0.4) is 0 Å². The van der Waals surface area contributed by atoms with Crippen LogP contribution in [0.4, 0.5) is 17.2 Å². The molecule has 4 heterocycles. The van der Waals surface area contributed by atoms with Crippen molar-refractivity contribution < 1.29 is 21.1 Å². The van der Waals surface area contributed by atoms with Crippen LogP contribution in [0.1, 0.15) is 0 Å².